The highest BCUT2D eigenvalue weighted by Gasteiger charge is 2.81. The number of hydroxylamine groups is 1. The van der Waals surface area contributed by atoms with Crippen LogP contribution in [0.2, 0.25) is 0 Å². The molecule has 1 amide bonds. The molecule has 1 rings (SSSR count). The van der Waals surface area contributed by atoms with Gasteiger partial charge in [0.15, 0.2) is 11.5 Å². The van der Waals surface area contributed by atoms with Gasteiger partial charge < -0.3 is 54.1 Å². The minimum Gasteiger partial charge on any atom is -0.480 e. The van der Waals surface area contributed by atoms with E-state index in [1.165, 1.54) is 11.8 Å². The maximum Gasteiger partial charge on any atom is 0.350 e. The van der Waals surface area contributed by atoms with E-state index in [4.69, 9.17) is 24.5 Å². The van der Waals surface area contributed by atoms with Gasteiger partial charge in [-0.3, -0.25) is 28.8 Å². The third-order valence-corrected chi connectivity index (χ3v) is 8.07. The first-order valence-electron chi connectivity index (χ1n) is 16.4. The molecular weight excluding hydrogens is 688 g/mol. The molecule has 0 aromatic carbocycles. The number of carbonyl (C=O) groups excluding carboxylic acids is 5. The van der Waals surface area contributed by atoms with E-state index in [-0.39, 0.29) is 18.2 Å². The number of hydrogen-bond donors (Lipinski definition) is 6. The average molecular weight is 737 g/mol. The molecule has 48 heavy (non-hydrogen) atoms. The summed E-state index contributed by atoms with van der Waals surface area (Å²) in [6, 6.07) is -2.95. The second kappa shape index (κ2) is 17.3. The third kappa shape index (κ3) is 10.6. The Labute approximate surface area is 290 Å². The molecule has 0 aromatic heterocycles. The molecule has 0 aromatic rings. The van der Waals surface area contributed by atoms with E-state index >= 15 is 0 Å². The highest BCUT2D eigenvalue weighted by atomic mass is 32.2. The molecule has 0 aliphatic carbocycles. The topological polar surface area (TPSA) is 274 Å². The van der Waals surface area contributed by atoms with Crippen LogP contribution in [0.4, 0.5) is 0 Å². The number of carboxylic acids is 1. The monoisotopic (exact) mass is 736 g/mol. The molecule has 19 nitrogen and oxygen atoms in total. The molecule has 0 radical (unpaired) electrons. The number of likely N-dealkylation sites (N-methyl/N-ethyl adjacent to an activating group) is 1. The number of rotatable bonds is 16. The zero-order chi connectivity index (χ0) is 40.2. The number of aliphatic hydroxyl groups is 4. The smallest absolute Gasteiger partial charge is 0.350 e. The number of carbonyl (C=O) groups is 6. The molecule has 1 aliphatic heterocycles. The quantitative estimate of drug-likeness (QED) is 0.0452. The van der Waals surface area contributed by atoms with Crippen LogP contribution in [0.5, 0.6) is 0 Å². The zero-order valence-electron chi connectivity index (χ0n) is 30.7. The number of hydrogen-bond acceptors (Lipinski definition) is 19. The second-order valence-corrected chi connectivity index (χ2v) is 13.1. The largest absolute Gasteiger partial charge is 0.480 e. The third-order valence-electron chi connectivity index (χ3n) is 6.18. The summed E-state index contributed by atoms with van der Waals surface area (Å²) in [5, 5.41) is 56.2. The van der Waals surface area contributed by atoms with Crippen molar-refractivity contribution in [1.29, 1.82) is 0 Å². The van der Waals surface area contributed by atoms with Crippen molar-refractivity contribution in [2.75, 3.05) is 24.8 Å². The van der Waals surface area contributed by atoms with E-state index in [1.807, 2.05) is 0 Å². The Bertz CT molecular complexity index is 1290. The molecule has 1 heterocycles. The molecule has 6 N–H and O–H groups in total. The van der Waals surface area contributed by atoms with E-state index in [2.05, 4.69) is 15.0 Å². The Morgan fingerprint density at radius 3 is 2.00 bits per heavy atom. The Morgan fingerprint density at radius 1 is 0.958 bits per heavy atom. The van der Waals surface area contributed by atoms with Crippen molar-refractivity contribution in [2.45, 2.75) is 108 Å². The molecule has 0 bridgehead atoms. The lowest BCUT2D eigenvalue weighted by molar-refractivity contribution is -0.509. The van der Waals surface area contributed by atoms with E-state index < -0.39 is 122 Å². The molecule has 0 saturated carbocycles. The van der Waals surface area contributed by atoms with Gasteiger partial charge in [0.25, 0.3) is 0 Å². The van der Waals surface area contributed by atoms with E-state index in [1.54, 1.807) is 27.0 Å². The molecular formula is C27H44N2O17S2. The average Bonchev–Trinajstić information content (AvgIpc) is 3.07. The number of aliphatic hydroxyl groups excluding tert-OH is 1. The van der Waals surface area contributed by atoms with Gasteiger partial charge in [0, 0.05) is 45.9 Å². The van der Waals surface area contributed by atoms with E-state index in [9.17, 15) is 54.3 Å². The first kappa shape index (κ1) is 36.5. The molecule has 8 atom stereocenters. The van der Waals surface area contributed by atoms with Crippen LogP contribution >= 0.6 is 23.5 Å². The normalized spacial score (nSPS) is 28.6. The van der Waals surface area contributed by atoms with Gasteiger partial charge in [-0.15, -0.1) is 11.8 Å². The summed E-state index contributed by atoms with van der Waals surface area (Å²) in [5.41, 5.74) is -0.734. The molecule has 1 aliphatic rings. The molecule has 276 valence electrons. The van der Waals surface area contributed by atoms with Crippen LogP contribution in [0.3, 0.4) is 0 Å². The summed E-state index contributed by atoms with van der Waals surface area (Å²) in [5.74, 6) is -22.4. The summed E-state index contributed by atoms with van der Waals surface area (Å²) in [6.45, 7) is -0.204. The number of ether oxygens (including phenoxy) is 5. The summed E-state index contributed by atoms with van der Waals surface area (Å²) in [6.07, 6.45) is -3.87. The van der Waals surface area contributed by atoms with Gasteiger partial charge in [0.2, 0.25) is 12.2 Å². The Hall–Kier alpha value is -2.76. The van der Waals surface area contributed by atoms with Crippen molar-refractivity contribution < 1.29 is 88.3 Å². The van der Waals surface area contributed by atoms with Gasteiger partial charge >= 0.3 is 47.2 Å². The first-order valence-corrected chi connectivity index (χ1v) is 16.0. The first-order chi connectivity index (χ1) is 24.0. The fourth-order valence-electron chi connectivity index (χ4n) is 4.08. The number of thioether (sulfide) groups is 2. The van der Waals surface area contributed by atoms with Crippen molar-refractivity contribution in [3.05, 3.63) is 0 Å². The van der Waals surface area contributed by atoms with Gasteiger partial charge in [0.05, 0.1) is 5.60 Å². The summed E-state index contributed by atoms with van der Waals surface area (Å²) < 4.78 is 53.3. The molecule has 1 fully saturated rings. The van der Waals surface area contributed by atoms with E-state index in [0.29, 0.717) is 5.75 Å². The van der Waals surface area contributed by atoms with Gasteiger partial charge in [0.1, 0.15) is 12.1 Å². The fourth-order valence-corrected chi connectivity index (χ4v) is 5.91. The van der Waals surface area contributed by atoms with E-state index in [0.717, 1.165) is 11.9 Å². The van der Waals surface area contributed by atoms with Crippen molar-refractivity contribution in [3.8, 4) is 0 Å². The molecule has 1 saturated heterocycles. The van der Waals surface area contributed by atoms with Crippen molar-refractivity contribution in [2.24, 2.45) is 0 Å². The lowest BCUT2D eigenvalue weighted by Crippen LogP contribution is -2.83. The highest BCUT2D eigenvalue weighted by molar-refractivity contribution is 7.99. The van der Waals surface area contributed by atoms with Gasteiger partial charge in [-0.1, -0.05) is 0 Å². The van der Waals surface area contributed by atoms with Crippen LogP contribution in [0.15, 0.2) is 0 Å². The van der Waals surface area contributed by atoms with Crippen LogP contribution in [0.25, 0.3) is 0 Å². The maximum absolute atomic E-state index is 13.5. The Morgan fingerprint density at radius 2 is 1.50 bits per heavy atom. The zero-order valence-corrected chi connectivity index (χ0v) is 28.4. The number of carboxylic acid groups (broad SMARTS) is 1. The van der Waals surface area contributed by atoms with Crippen LogP contribution in [0.1, 0.15) is 60.3 Å². The van der Waals surface area contributed by atoms with Crippen LogP contribution in [-0.4, -0.2) is 144 Å². The van der Waals surface area contributed by atoms with Gasteiger partial charge in [-0.25, -0.2) is 4.79 Å². The Balaban J connectivity index is 3.89. The summed E-state index contributed by atoms with van der Waals surface area (Å²) >= 11 is 1.46. The predicted molar refractivity (Wildman–Crippen MR) is 164 cm³/mol. The Kier molecular flexibility index (Phi) is 13.1. The van der Waals surface area contributed by atoms with Crippen LogP contribution in [-0.2, 0) is 57.3 Å². The molecule has 0 spiro atoms. The SMILES string of the molecule is [2H]CC(=O)OC(O)[C@H]1OC(SC[C@@H](C(=O)O)N(C)C(=O)[C@H](CCSC)NOC(C)(C)C)[C@@](O)(OC(=O)C[2H])[C@](O)(OC(=O)C[2H])[C@@]1(O)OC(=O)C[2H]. The number of nitrogens with one attached hydrogen (secondary N) is 1. The molecule has 2 unspecified atom stereocenters. The maximum atomic E-state index is 13.5. The lowest BCUT2D eigenvalue weighted by Gasteiger charge is -2.56. The van der Waals surface area contributed by atoms with Crippen molar-refractivity contribution in [1.82, 2.24) is 10.4 Å². The minimum atomic E-state index is -4.39. The fraction of sp³-hybridized carbons (Fsp3) is 0.778. The number of esters is 4. The number of nitrogens with zero attached hydrogens (tertiary/aromatic N) is 1. The second-order valence-electron chi connectivity index (χ2n) is 11.0. The highest BCUT2D eigenvalue weighted by Crippen LogP contribution is 2.51. The summed E-state index contributed by atoms with van der Waals surface area (Å²) in [4.78, 5) is 81.4. The van der Waals surface area contributed by atoms with Gasteiger partial charge in [-0.2, -0.15) is 17.2 Å². The number of aliphatic carboxylic acids is 1. The van der Waals surface area contributed by atoms with Gasteiger partial charge in [-0.05, 0) is 39.2 Å². The van der Waals surface area contributed by atoms with Crippen LogP contribution < -0.4 is 5.48 Å². The number of amides is 1. The van der Waals surface area contributed by atoms with Crippen molar-refractivity contribution in [3.63, 3.8) is 0 Å². The van der Waals surface area contributed by atoms with Crippen molar-refractivity contribution >= 4 is 59.3 Å². The predicted octanol–water partition coefficient (Wildman–Crippen LogP) is -1.57. The standard InChI is InChI=1S/C27H44N2O17S2/c1-13(30)41-22(37)19-25(38,43-14(2)31)27(40,45-16(4)33)26(39,44-15(3)32)23(42-19)48-12-18(21(35)36)29(8)20(34)17(10-11-47-9)28-46-24(5,6)7/h17-19,22-23,28,37-40H,10-12H2,1-9H3,(H,35,36)/t17-,18-,19+,22?,23?,25-,26+,27+/m0/s1/i1D,2D,3D,4D. The minimum absolute atomic E-state index is 0.0777. The summed E-state index contributed by atoms with van der Waals surface area (Å²) in [7, 11) is 1.10. The van der Waals surface area contributed by atoms with Crippen LogP contribution in [0, 0.1) is 0 Å². The molecule has 21 heteroatoms. The lowest BCUT2D eigenvalue weighted by atomic mass is 9.87.